The van der Waals surface area contributed by atoms with E-state index in [0.29, 0.717) is 5.56 Å². The molecule has 2 aromatic rings. The van der Waals surface area contributed by atoms with Crippen LogP contribution in [-0.4, -0.2) is 12.8 Å². The van der Waals surface area contributed by atoms with Crippen LogP contribution in [0.15, 0.2) is 18.2 Å². The first-order chi connectivity index (χ1) is 11.9. The minimum atomic E-state index is -2.13. The SMILES string of the molecule is O=C(OCc1cc(F)cc2c1OCOC2)c1cc(F)c(F)c(F)c1F. The molecule has 0 aliphatic carbocycles. The largest absolute Gasteiger partial charge is 0.467 e. The summed E-state index contributed by atoms with van der Waals surface area (Å²) in [5.41, 5.74) is -0.622. The minimum absolute atomic E-state index is 0.0804. The van der Waals surface area contributed by atoms with E-state index in [1.54, 1.807) is 0 Å². The molecule has 1 aliphatic rings. The van der Waals surface area contributed by atoms with E-state index in [-0.39, 0.29) is 30.8 Å². The fourth-order valence-corrected chi connectivity index (χ4v) is 2.31. The number of carbonyl (C=O) groups excluding carboxylic acids is 1. The smallest absolute Gasteiger partial charge is 0.341 e. The second-order valence-corrected chi connectivity index (χ2v) is 5.09. The molecule has 132 valence electrons. The van der Waals surface area contributed by atoms with Gasteiger partial charge < -0.3 is 14.2 Å². The number of rotatable bonds is 3. The van der Waals surface area contributed by atoms with Crippen molar-refractivity contribution < 1.29 is 41.0 Å². The fraction of sp³-hybridized carbons (Fsp3) is 0.188. The summed E-state index contributed by atoms with van der Waals surface area (Å²) in [5, 5.41) is 0. The van der Waals surface area contributed by atoms with Crippen molar-refractivity contribution in [2.24, 2.45) is 0 Å². The number of fused-ring (bicyclic) bond motifs is 1. The highest BCUT2D eigenvalue weighted by atomic mass is 19.2. The summed E-state index contributed by atoms with van der Waals surface area (Å²) in [6.07, 6.45) is 0. The number of ether oxygens (including phenoxy) is 3. The summed E-state index contributed by atoms with van der Waals surface area (Å²) >= 11 is 0. The van der Waals surface area contributed by atoms with Crippen LogP contribution in [0.2, 0.25) is 0 Å². The van der Waals surface area contributed by atoms with Crippen LogP contribution in [0, 0.1) is 29.1 Å². The normalized spacial score (nSPS) is 13.2. The molecule has 0 saturated carbocycles. The van der Waals surface area contributed by atoms with Crippen LogP contribution in [0.5, 0.6) is 5.75 Å². The molecule has 2 aromatic carbocycles. The zero-order valence-electron chi connectivity index (χ0n) is 12.4. The summed E-state index contributed by atoms with van der Waals surface area (Å²) in [6.45, 7) is -0.571. The third kappa shape index (κ3) is 3.27. The molecule has 1 heterocycles. The van der Waals surface area contributed by atoms with Gasteiger partial charge in [0.2, 0.25) is 0 Å². The molecule has 0 atom stereocenters. The van der Waals surface area contributed by atoms with Crippen LogP contribution in [0.3, 0.4) is 0 Å². The fourth-order valence-electron chi connectivity index (χ4n) is 2.31. The molecule has 0 spiro atoms. The van der Waals surface area contributed by atoms with E-state index < -0.39 is 47.2 Å². The van der Waals surface area contributed by atoms with Crippen molar-refractivity contribution in [2.75, 3.05) is 6.79 Å². The first kappa shape index (κ1) is 17.2. The van der Waals surface area contributed by atoms with Gasteiger partial charge in [-0.25, -0.2) is 26.7 Å². The number of hydrogen-bond acceptors (Lipinski definition) is 4. The summed E-state index contributed by atoms with van der Waals surface area (Å²) < 4.78 is 81.3. The van der Waals surface area contributed by atoms with E-state index in [0.717, 1.165) is 6.07 Å². The van der Waals surface area contributed by atoms with Crippen LogP contribution in [0.4, 0.5) is 22.0 Å². The van der Waals surface area contributed by atoms with Gasteiger partial charge in [-0.1, -0.05) is 0 Å². The monoisotopic (exact) mass is 360 g/mol. The van der Waals surface area contributed by atoms with Crippen molar-refractivity contribution in [2.45, 2.75) is 13.2 Å². The number of halogens is 5. The van der Waals surface area contributed by atoms with Crippen molar-refractivity contribution in [3.63, 3.8) is 0 Å². The van der Waals surface area contributed by atoms with Gasteiger partial charge in [-0.15, -0.1) is 0 Å². The van der Waals surface area contributed by atoms with Crippen molar-refractivity contribution in [1.82, 2.24) is 0 Å². The van der Waals surface area contributed by atoms with Crippen LogP contribution in [0.1, 0.15) is 21.5 Å². The Balaban J connectivity index is 1.83. The lowest BCUT2D eigenvalue weighted by Crippen LogP contribution is -2.15. The first-order valence-corrected chi connectivity index (χ1v) is 6.90. The van der Waals surface area contributed by atoms with Crippen LogP contribution in [0.25, 0.3) is 0 Å². The average molecular weight is 360 g/mol. The zero-order valence-corrected chi connectivity index (χ0v) is 12.4. The Morgan fingerprint density at radius 1 is 1.04 bits per heavy atom. The summed E-state index contributed by atoms with van der Waals surface area (Å²) in [5.74, 6) is -9.65. The van der Waals surface area contributed by atoms with Crippen molar-refractivity contribution in [3.05, 3.63) is 64.0 Å². The molecule has 4 nitrogen and oxygen atoms in total. The molecular formula is C16H9F5O4. The van der Waals surface area contributed by atoms with E-state index in [4.69, 9.17) is 14.2 Å². The number of hydrogen-bond donors (Lipinski definition) is 0. The lowest BCUT2D eigenvalue weighted by Gasteiger charge is -2.20. The van der Waals surface area contributed by atoms with Crippen molar-refractivity contribution >= 4 is 5.97 Å². The molecule has 0 amide bonds. The maximum Gasteiger partial charge on any atom is 0.341 e. The Morgan fingerprint density at radius 2 is 1.80 bits per heavy atom. The lowest BCUT2D eigenvalue weighted by molar-refractivity contribution is -0.0183. The maximum absolute atomic E-state index is 13.6. The van der Waals surface area contributed by atoms with Gasteiger partial charge in [0, 0.05) is 11.1 Å². The molecule has 1 aliphatic heterocycles. The van der Waals surface area contributed by atoms with Crippen molar-refractivity contribution in [1.29, 1.82) is 0 Å². The summed E-state index contributed by atoms with van der Waals surface area (Å²) in [7, 11) is 0. The quantitative estimate of drug-likeness (QED) is 0.363. The van der Waals surface area contributed by atoms with Crippen LogP contribution >= 0.6 is 0 Å². The highest BCUT2D eigenvalue weighted by molar-refractivity contribution is 5.89. The Hall–Kier alpha value is -2.68. The molecular weight excluding hydrogens is 351 g/mol. The molecule has 0 aromatic heterocycles. The van der Waals surface area contributed by atoms with Crippen LogP contribution < -0.4 is 4.74 Å². The second kappa shape index (κ2) is 6.67. The zero-order chi connectivity index (χ0) is 18.1. The maximum atomic E-state index is 13.6. The molecule has 9 heteroatoms. The van der Waals surface area contributed by atoms with Gasteiger partial charge in [0.05, 0.1) is 6.61 Å². The average Bonchev–Trinajstić information content (AvgIpc) is 2.60. The van der Waals surface area contributed by atoms with Gasteiger partial charge in [-0.05, 0) is 18.2 Å². The molecule has 0 radical (unpaired) electrons. The van der Waals surface area contributed by atoms with Gasteiger partial charge in [0.1, 0.15) is 23.7 Å². The molecule has 0 bridgehead atoms. The standard InChI is InChI=1S/C16H9F5O4/c17-9-1-7-4-23-6-25-15(7)8(2-9)5-24-16(22)10-3-11(18)13(20)14(21)12(10)19/h1-3H,4-6H2. The molecule has 3 rings (SSSR count). The Bertz CT molecular complexity index is 853. The first-order valence-electron chi connectivity index (χ1n) is 6.90. The molecule has 25 heavy (non-hydrogen) atoms. The summed E-state index contributed by atoms with van der Waals surface area (Å²) in [4.78, 5) is 11.8. The Morgan fingerprint density at radius 3 is 2.56 bits per heavy atom. The highest BCUT2D eigenvalue weighted by Crippen LogP contribution is 2.30. The highest BCUT2D eigenvalue weighted by Gasteiger charge is 2.25. The molecule has 0 N–H and O–H groups in total. The van der Waals surface area contributed by atoms with Crippen LogP contribution in [-0.2, 0) is 22.7 Å². The lowest BCUT2D eigenvalue weighted by atomic mass is 10.1. The molecule has 0 unspecified atom stereocenters. The summed E-state index contributed by atoms with van der Waals surface area (Å²) in [6, 6.07) is 2.38. The van der Waals surface area contributed by atoms with Gasteiger partial charge in [-0.2, -0.15) is 0 Å². The van der Waals surface area contributed by atoms with Gasteiger partial charge >= 0.3 is 5.97 Å². The van der Waals surface area contributed by atoms with E-state index >= 15 is 0 Å². The predicted octanol–water partition coefficient (Wildman–Crippen LogP) is 3.61. The van der Waals surface area contributed by atoms with Gasteiger partial charge in [0.25, 0.3) is 0 Å². The van der Waals surface area contributed by atoms with Gasteiger partial charge in [0.15, 0.2) is 30.1 Å². The Kier molecular flexibility index (Phi) is 4.58. The Labute approximate surface area is 137 Å². The van der Waals surface area contributed by atoms with E-state index in [9.17, 15) is 26.7 Å². The minimum Gasteiger partial charge on any atom is -0.467 e. The second-order valence-electron chi connectivity index (χ2n) is 5.09. The number of benzene rings is 2. The van der Waals surface area contributed by atoms with E-state index in [1.807, 2.05) is 0 Å². The van der Waals surface area contributed by atoms with E-state index in [2.05, 4.69) is 0 Å². The number of esters is 1. The third-order valence-corrected chi connectivity index (χ3v) is 3.43. The predicted molar refractivity (Wildman–Crippen MR) is 72.1 cm³/mol. The third-order valence-electron chi connectivity index (χ3n) is 3.43. The van der Waals surface area contributed by atoms with Gasteiger partial charge in [-0.3, -0.25) is 0 Å². The van der Waals surface area contributed by atoms with E-state index in [1.165, 1.54) is 6.07 Å². The topological polar surface area (TPSA) is 44.8 Å². The number of carbonyl (C=O) groups is 1. The van der Waals surface area contributed by atoms with Crippen molar-refractivity contribution in [3.8, 4) is 5.75 Å². The molecule has 0 saturated heterocycles. The molecule has 0 fully saturated rings.